The van der Waals surface area contributed by atoms with E-state index in [0.29, 0.717) is 29.1 Å². The standard InChI is InChI=1S/C16H16N8OS.C4H8/c1-10(2)18-11-3-4-14-20-21-16(23(14)7-11)26-15-6-5-13-19-12(17-9-25)8-24(13)22-15;1-4-2-3-4/h3-10,18H,1-2H3,(H,17,25);4H,2-3H2,1H3. The van der Waals surface area contributed by atoms with Gasteiger partial charge in [0.2, 0.25) is 11.6 Å². The maximum Gasteiger partial charge on any atom is 0.212 e. The van der Waals surface area contributed by atoms with Crippen LogP contribution in [0.15, 0.2) is 46.8 Å². The minimum absolute atomic E-state index is 0.333. The summed E-state index contributed by atoms with van der Waals surface area (Å²) in [5, 5.41) is 20.3. The molecular weight excluding hydrogens is 400 g/mol. The first-order valence-corrected chi connectivity index (χ1v) is 10.7. The molecule has 5 rings (SSSR count). The second kappa shape index (κ2) is 8.70. The van der Waals surface area contributed by atoms with Crippen LogP contribution in [0.5, 0.6) is 0 Å². The molecule has 1 amide bonds. The van der Waals surface area contributed by atoms with Crippen molar-refractivity contribution in [2.24, 2.45) is 5.92 Å². The number of hydrogen-bond acceptors (Lipinski definition) is 7. The molecule has 1 fully saturated rings. The van der Waals surface area contributed by atoms with Crippen molar-refractivity contribution in [3.63, 3.8) is 0 Å². The Morgan fingerprint density at radius 2 is 1.90 bits per heavy atom. The number of aromatic nitrogens is 6. The summed E-state index contributed by atoms with van der Waals surface area (Å²) in [6, 6.07) is 7.93. The van der Waals surface area contributed by atoms with Gasteiger partial charge in [-0.25, -0.2) is 9.50 Å². The lowest BCUT2D eigenvalue weighted by molar-refractivity contribution is -0.105. The van der Waals surface area contributed by atoms with Crippen LogP contribution in [-0.2, 0) is 4.79 Å². The van der Waals surface area contributed by atoms with E-state index in [2.05, 4.69) is 51.7 Å². The molecule has 0 unspecified atom stereocenters. The number of nitrogens with one attached hydrogen (secondary N) is 2. The quantitative estimate of drug-likeness (QED) is 0.455. The van der Waals surface area contributed by atoms with Crippen LogP contribution in [-0.4, -0.2) is 41.6 Å². The van der Waals surface area contributed by atoms with Gasteiger partial charge in [-0.1, -0.05) is 19.8 Å². The number of anilines is 2. The van der Waals surface area contributed by atoms with E-state index in [1.807, 2.05) is 34.9 Å². The Morgan fingerprint density at radius 1 is 1.13 bits per heavy atom. The van der Waals surface area contributed by atoms with Crippen molar-refractivity contribution in [2.75, 3.05) is 10.6 Å². The highest BCUT2D eigenvalue weighted by Gasteiger charge is 2.13. The van der Waals surface area contributed by atoms with Crippen LogP contribution in [0.1, 0.15) is 33.6 Å². The molecule has 0 bridgehead atoms. The van der Waals surface area contributed by atoms with Crippen molar-refractivity contribution < 1.29 is 4.79 Å². The molecule has 1 saturated carbocycles. The molecule has 0 saturated heterocycles. The summed E-state index contributed by atoms with van der Waals surface area (Å²) in [5.74, 6) is 1.53. The highest BCUT2D eigenvalue weighted by atomic mass is 32.2. The summed E-state index contributed by atoms with van der Waals surface area (Å²) >= 11 is 1.40. The van der Waals surface area contributed by atoms with Crippen LogP contribution < -0.4 is 10.6 Å². The van der Waals surface area contributed by atoms with E-state index < -0.39 is 0 Å². The van der Waals surface area contributed by atoms with E-state index in [1.165, 1.54) is 24.6 Å². The first kappa shape index (κ1) is 20.1. The van der Waals surface area contributed by atoms with Crippen molar-refractivity contribution in [2.45, 2.75) is 49.8 Å². The normalized spacial score (nSPS) is 13.3. The van der Waals surface area contributed by atoms with E-state index in [0.717, 1.165) is 22.3 Å². The fourth-order valence-corrected chi connectivity index (χ4v) is 3.45. The van der Waals surface area contributed by atoms with Gasteiger partial charge in [-0.15, -0.1) is 10.2 Å². The Balaban J connectivity index is 0.000000489. The molecule has 0 aliphatic heterocycles. The number of pyridine rings is 1. The molecule has 156 valence electrons. The lowest BCUT2D eigenvalue weighted by Crippen LogP contribution is -2.10. The number of imidazole rings is 1. The van der Waals surface area contributed by atoms with Gasteiger partial charge < -0.3 is 10.6 Å². The molecule has 4 aromatic rings. The monoisotopic (exact) mass is 424 g/mol. The number of amides is 1. The van der Waals surface area contributed by atoms with Crippen molar-refractivity contribution in [1.82, 2.24) is 29.2 Å². The fourth-order valence-electron chi connectivity index (χ4n) is 2.67. The maximum absolute atomic E-state index is 10.5. The third-order valence-electron chi connectivity index (χ3n) is 4.39. The van der Waals surface area contributed by atoms with E-state index >= 15 is 0 Å². The lowest BCUT2D eigenvalue weighted by atomic mass is 10.3. The highest BCUT2D eigenvalue weighted by molar-refractivity contribution is 7.99. The largest absolute Gasteiger partial charge is 0.382 e. The second-order valence-corrected chi connectivity index (χ2v) is 8.56. The number of rotatable bonds is 6. The molecule has 9 nitrogen and oxygen atoms in total. The first-order valence-electron chi connectivity index (χ1n) is 9.87. The van der Waals surface area contributed by atoms with Crippen molar-refractivity contribution >= 4 is 41.0 Å². The van der Waals surface area contributed by atoms with Gasteiger partial charge in [0, 0.05) is 12.2 Å². The lowest BCUT2D eigenvalue weighted by Gasteiger charge is -2.10. The van der Waals surface area contributed by atoms with Crippen LogP contribution in [0.2, 0.25) is 0 Å². The third-order valence-corrected chi connectivity index (χ3v) is 5.28. The molecule has 0 spiro atoms. The Kier molecular flexibility index (Phi) is 5.84. The van der Waals surface area contributed by atoms with Gasteiger partial charge >= 0.3 is 0 Å². The Hall–Kier alpha value is -3.14. The summed E-state index contributed by atoms with van der Waals surface area (Å²) in [7, 11) is 0. The van der Waals surface area contributed by atoms with Gasteiger partial charge in [0.1, 0.15) is 5.03 Å². The van der Waals surface area contributed by atoms with Gasteiger partial charge in [-0.2, -0.15) is 5.10 Å². The maximum atomic E-state index is 10.5. The van der Waals surface area contributed by atoms with Gasteiger partial charge in [-0.3, -0.25) is 9.20 Å². The zero-order valence-electron chi connectivity index (χ0n) is 17.1. The minimum Gasteiger partial charge on any atom is -0.382 e. The molecule has 4 heterocycles. The summed E-state index contributed by atoms with van der Waals surface area (Å²) in [4.78, 5) is 14.8. The van der Waals surface area contributed by atoms with Crippen molar-refractivity contribution in [3.8, 4) is 0 Å². The van der Waals surface area contributed by atoms with E-state index in [9.17, 15) is 4.79 Å². The SMILES string of the molecule is CC(C)Nc1ccc2nnc(Sc3ccc4nc(NC=O)cn4n3)n2c1.CC1CC1. The molecule has 10 heteroatoms. The number of carbonyl (C=O) groups is 1. The van der Waals surface area contributed by atoms with E-state index in [1.54, 1.807) is 10.7 Å². The molecule has 0 aromatic carbocycles. The fraction of sp³-hybridized carbons (Fsp3) is 0.350. The number of fused-ring (bicyclic) bond motifs is 2. The molecule has 2 N–H and O–H groups in total. The van der Waals surface area contributed by atoms with Crippen LogP contribution in [0.3, 0.4) is 0 Å². The van der Waals surface area contributed by atoms with Gasteiger partial charge in [0.05, 0.1) is 11.9 Å². The molecule has 4 aromatic heterocycles. The summed E-state index contributed by atoms with van der Waals surface area (Å²) < 4.78 is 3.54. The van der Waals surface area contributed by atoms with Gasteiger partial charge in [0.15, 0.2) is 17.1 Å². The number of carbonyl (C=O) groups excluding carboxylic acids is 1. The number of hydrogen-bond donors (Lipinski definition) is 2. The summed E-state index contributed by atoms with van der Waals surface area (Å²) in [5.41, 5.74) is 2.41. The van der Waals surface area contributed by atoms with E-state index in [4.69, 9.17) is 0 Å². The Labute approximate surface area is 178 Å². The van der Waals surface area contributed by atoms with Crippen molar-refractivity contribution in [1.29, 1.82) is 0 Å². The molecular formula is C20H24N8OS. The Morgan fingerprint density at radius 3 is 2.60 bits per heavy atom. The van der Waals surface area contributed by atoms with E-state index in [-0.39, 0.29) is 0 Å². The molecule has 1 aliphatic rings. The van der Waals surface area contributed by atoms with Crippen LogP contribution >= 0.6 is 11.8 Å². The van der Waals surface area contributed by atoms with Gasteiger partial charge in [0.25, 0.3) is 0 Å². The topological polar surface area (TPSA) is 102 Å². The van der Waals surface area contributed by atoms with Crippen LogP contribution in [0.4, 0.5) is 11.5 Å². The Bertz CT molecular complexity index is 1160. The zero-order chi connectivity index (χ0) is 21.1. The predicted octanol–water partition coefficient (Wildman–Crippen LogP) is 3.73. The number of nitrogens with zero attached hydrogens (tertiary/aromatic N) is 6. The molecule has 0 radical (unpaired) electrons. The van der Waals surface area contributed by atoms with Crippen molar-refractivity contribution in [3.05, 3.63) is 36.7 Å². The average Bonchev–Trinajstić information content (AvgIpc) is 3.23. The molecule has 0 atom stereocenters. The first-order chi connectivity index (χ1) is 14.5. The molecule has 1 aliphatic carbocycles. The summed E-state index contributed by atoms with van der Waals surface area (Å²) in [6.07, 6.45) is 7.18. The smallest absolute Gasteiger partial charge is 0.212 e. The average molecular weight is 425 g/mol. The van der Waals surface area contributed by atoms with Crippen LogP contribution in [0.25, 0.3) is 11.3 Å². The third kappa shape index (κ3) is 4.88. The molecule has 30 heavy (non-hydrogen) atoms. The zero-order valence-corrected chi connectivity index (χ0v) is 17.9. The predicted molar refractivity (Wildman–Crippen MR) is 117 cm³/mol. The minimum atomic E-state index is 0.333. The highest BCUT2D eigenvalue weighted by Crippen LogP contribution is 2.27. The van der Waals surface area contributed by atoms with Crippen LogP contribution in [0, 0.1) is 5.92 Å². The summed E-state index contributed by atoms with van der Waals surface area (Å²) in [6.45, 7) is 6.45. The second-order valence-electron chi connectivity index (χ2n) is 7.57. The van der Waals surface area contributed by atoms with Gasteiger partial charge in [-0.05, 0) is 55.8 Å².